The highest BCUT2D eigenvalue weighted by Gasteiger charge is 2.20. The predicted molar refractivity (Wildman–Crippen MR) is 83.7 cm³/mol. The summed E-state index contributed by atoms with van der Waals surface area (Å²) in [4.78, 5) is 9.14. The monoisotopic (exact) mass is 277 g/mol. The molecular weight excluding hydrogens is 250 g/mol. The number of anilines is 2. The SMILES string of the molecule is Cc1c(NN)nc(C(C)C)nc1NC1CCC(C)CC1. The Hall–Kier alpha value is -1.36. The summed E-state index contributed by atoms with van der Waals surface area (Å²) in [5, 5.41) is 3.59. The van der Waals surface area contributed by atoms with Gasteiger partial charge in [0, 0.05) is 17.5 Å². The third-order valence-corrected chi connectivity index (χ3v) is 4.17. The first-order chi connectivity index (χ1) is 9.51. The number of hydrogen-bond acceptors (Lipinski definition) is 5. The number of nitrogen functional groups attached to an aromatic ring is 1. The van der Waals surface area contributed by atoms with E-state index in [4.69, 9.17) is 5.84 Å². The van der Waals surface area contributed by atoms with E-state index >= 15 is 0 Å². The Morgan fingerprint density at radius 2 is 1.70 bits per heavy atom. The minimum absolute atomic E-state index is 0.287. The maximum absolute atomic E-state index is 5.57. The Balaban J connectivity index is 2.19. The molecule has 0 radical (unpaired) electrons. The maximum Gasteiger partial charge on any atom is 0.148 e. The summed E-state index contributed by atoms with van der Waals surface area (Å²) in [6, 6.07) is 0.519. The molecule has 20 heavy (non-hydrogen) atoms. The molecule has 4 N–H and O–H groups in total. The number of rotatable bonds is 4. The van der Waals surface area contributed by atoms with E-state index in [0.717, 1.165) is 28.9 Å². The van der Waals surface area contributed by atoms with Gasteiger partial charge in [-0.15, -0.1) is 0 Å². The van der Waals surface area contributed by atoms with Gasteiger partial charge in [0.1, 0.15) is 17.5 Å². The topological polar surface area (TPSA) is 75.9 Å². The third-order valence-electron chi connectivity index (χ3n) is 4.17. The average molecular weight is 277 g/mol. The first-order valence-electron chi connectivity index (χ1n) is 7.63. The van der Waals surface area contributed by atoms with Crippen molar-refractivity contribution in [3.63, 3.8) is 0 Å². The highest BCUT2D eigenvalue weighted by molar-refractivity contribution is 5.57. The summed E-state index contributed by atoms with van der Waals surface area (Å²) >= 11 is 0. The van der Waals surface area contributed by atoms with Gasteiger partial charge in [0.2, 0.25) is 0 Å². The van der Waals surface area contributed by atoms with Crippen molar-refractivity contribution < 1.29 is 0 Å². The van der Waals surface area contributed by atoms with Crippen LogP contribution in [0.1, 0.15) is 63.8 Å². The van der Waals surface area contributed by atoms with Crippen molar-refractivity contribution in [2.24, 2.45) is 11.8 Å². The molecule has 0 unspecified atom stereocenters. The molecule has 1 aromatic rings. The molecule has 0 atom stereocenters. The van der Waals surface area contributed by atoms with Crippen LogP contribution in [0.25, 0.3) is 0 Å². The van der Waals surface area contributed by atoms with Gasteiger partial charge in [0.15, 0.2) is 0 Å². The van der Waals surface area contributed by atoms with E-state index in [2.05, 4.69) is 41.5 Å². The lowest BCUT2D eigenvalue weighted by Gasteiger charge is -2.28. The lowest BCUT2D eigenvalue weighted by molar-refractivity contribution is 0.360. The van der Waals surface area contributed by atoms with E-state index in [9.17, 15) is 0 Å². The molecule has 1 aliphatic carbocycles. The first-order valence-corrected chi connectivity index (χ1v) is 7.63. The first kappa shape index (κ1) is 15.0. The normalized spacial score (nSPS) is 22.9. The second kappa shape index (κ2) is 6.39. The van der Waals surface area contributed by atoms with Crippen LogP contribution in [0.5, 0.6) is 0 Å². The Morgan fingerprint density at radius 1 is 1.10 bits per heavy atom. The fourth-order valence-corrected chi connectivity index (χ4v) is 2.67. The van der Waals surface area contributed by atoms with Gasteiger partial charge in [-0.25, -0.2) is 15.8 Å². The second-order valence-corrected chi connectivity index (χ2v) is 6.30. The molecule has 1 aliphatic rings. The molecule has 5 heteroatoms. The molecule has 1 saturated carbocycles. The minimum atomic E-state index is 0.287. The quantitative estimate of drug-likeness (QED) is 0.582. The standard InChI is InChI=1S/C15H27N5/c1-9(2)13-18-14(11(4)15(19-13)20-16)17-12-7-5-10(3)6-8-12/h9-10,12H,5-8,16H2,1-4H3,(H2,17,18,19,20). The average Bonchev–Trinajstić information content (AvgIpc) is 2.43. The minimum Gasteiger partial charge on any atom is -0.367 e. The van der Waals surface area contributed by atoms with Crippen molar-refractivity contribution in [1.29, 1.82) is 0 Å². The molecule has 0 bridgehead atoms. The second-order valence-electron chi connectivity index (χ2n) is 6.30. The summed E-state index contributed by atoms with van der Waals surface area (Å²) in [6.45, 7) is 8.53. The number of nitrogens with zero attached hydrogens (tertiary/aromatic N) is 2. The van der Waals surface area contributed by atoms with Gasteiger partial charge in [0.25, 0.3) is 0 Å². The Kier molecular flexibility index (Phi) is 4.81. The summed E-state index contributed by atoms with van der Waals surface area (Å²) in [5.74, 6) is 9.19. The molecule has 1 heterocycles. The lowest BCUT2D eigenvalue weighted by Crippen LogP contribution is -2.27. The Morgan fingerprint density at radius 3 is 2.25 bits per heavy atom. The molecule has 112 valence electrons. The van der Waals surface area contributed by atoms with Crippen molar-refractivity contribution >= 4 is 11.6 Å². The number of aromatic nitrogens is 2. The van der Waals surface area contributed by atoms with Crippen molar-refractivity contribution in [3.05, 3.63) is 11.4 Å². The van der Waals surface area contributed by atoms with Crippen LogP contribution in [0.15, 0.2) is 0 Å². The zero-order valence-electron chi connectivity index (χ0n) is 13.0. The van der Waals surface area contributed by atoms with Gasteiger partial charge in [-0.1, -0.05) is 20.8 Å². The van der Waals surface area contributed by atoms with Crippen molar-refractivity contribution in [2.75, 3.05) is 10.7 Å². The van der Waals surface area contributed by atoms with Crippen LogP contribution < -0.4 is 16.6 Å². The molecule has 5 nitrogen and oxygen atoms in total. The van der Waals surface area contributed by atoms with Gasteiger partial charge in [-0.2, -0.15) is 0 Å². The van der Waals surface area contributed by atoms with Crippen LogP contribution in [-0.4, -0.2) is 16.0 Å². The molecule has 0 aliphatic heterocycles. The van der Waals surface area contributed by atoms with E-state index < -0.39 is 0 Å². The number of nitrogens with one attached hydrogen (secondary N) is 2. The number of hydrazine groups is 1. The molecule has 0 spiro atoms. The summed E-state index contributed by atoms with van der Waals surface area (Å²) in [6.07, 6.45) is 5.02. The van der Waals surface area contributed by atoms with Crippen LogP contribution >= 0.6 is 0 Å². The number of nitrogens with two attached hydrogens (primary N) is 1. The van der Waals surface area contributed by atoms with Crippen LogP contribution in [0.3, 0.4) is 0 Å². The number of hydrogen-bond donors (Lipinski definition) is 3. The molecule has 0 amide bonds. The van der Waals surface area contributed by atoms with Crippen LogP contribution in [0.2, 0.25) is 0 Å². The molecule has 0 aromatic carbocycles. The Bertz CT molecular complexity index is 450. The van der Waals surface area contributed by atoms with E-state index in [1.54, 1.807) is 0 Å². The van der Waals surface area contributed by atoms with Crippen molar-refractivity contribution in [3.8, 4) is 0 Å². The summed E-state index contributed by atoms with van der Waals surface area (Å²) < 4.78 is 0. The molecule has 1 aromatic heterocycles. The Labute approximate surface area is 121 Å². The zero-order valence-corrected chi connectivity index (χ0v) is 13.0. The van der Waals surface area contributed by atoms with E-state index in [1.165, 1.54) is 25.7 Å². The smallest absolute Gasteiger partial charge is 0.148 e. The third kappa shape index (κ3) is 3.39. The van der Waals surface area contributed by atoms with E-state index in [1.807, 2.05) is 6.92 Å². The molecule has 0 saturated heterocycles. The van der Waals surface area contributed by atoms with Gasteiger partial charge < -0.3 is 10.7 Å². The van der Waals surface area contributed by atoms with Gasteiger partial charge in [-0.05, 0) is 38.5 Å². The highest BCUT2D eigenvalue weighted by Crippen LogP contribution is 2.28. The molecule has 2 rings (SSSR count). The van der Waals surface area contributed by atoms with Crippen molar-refractivity contribution in [1.82, 2.24) is 9.97 Å². The van der Waals surface area contributed by atoms with E-state index in [0.29, 0.717) is 6.04 Å². The summed E-state index contributed by atoms with van der Waals surface area (Å²) in [7, 11) is 0. The van der Waals surface area contributed by atoms with Gasteiger partial charge in [-0.3, -0.25) is 0 Å². The van der Waals surface area contributed by atoms with E-state index in [-0.39, 0.29) is 5.92 Å². The molecular formula is C15H27N5. The highest BCUT2D eigenvalue weighted by atomic mass is 15.3. The largest absolute Gasteiger partial charge is 0.367 e. The van der Waals surface area contributed by atoms with Gasteiger partial charge >= 0.3 is 0 Å². The van der Waals surface area contributed by atoms with Crippen LogP contribution in [-0.2, 0) is 0 Å². The maximum atomic E-state index is 5.57. The predicted octanol–water partition coefficient (Wildman–Crippen LogP) is 3.18. The van der Waals surface area contributed by atoms with Crippen LogP contribution in [0, 0.1) is 12.8 Å². The fourth-order valence-electron chi connectivity index (χ4n) is 2.67. The lowest BCUT2D eigenvalue weighted by atomic mass is 9.87. The summed E-state index contributed by atoms with van der Waals surface area (Å²) in [5.41, 5.74) is 3.68. The van der Waals surface area contributed by atoms with Gasteiger partial charge in [0.05, 0.1) is 0 Å². The zero-order chi connectivity index (χ0) is 14.7. The van der Waals surface area contributed by atoms with Crippen molar-refractivity contribution in [2.45, 2.75) is 65.3 Å². The van der Waals surface area contributed by atoms with Crippen LogP contribution in [0.4, 0.5) is 11.6 Å². The molecule has 1 fully saturated rings. The fraction of sp³-hybridized carbons (Fsp3) is 0.733.